The number of fused-ring (bicyclic) bond motifs is 4. The van der Waals surface area contributed by atoms with Crippen molar-refractivity contribution < 1.29 is 19.0 Å². The van der Waals surface area contributed by atoms with Crippen molar-refractivity contribution in [3.05, 3.63) is 117 Å². The lowest BCUT2D eigenvalue weighted by molar-refractivity contribution is 0.0472. The molecule has 0 saturated heterocycles. The highest BCUT2D eigenvalue weighted by Gasteiger charge is 2.27. The van der Waals surface area contributed by atoms with E-state index in [-0.39, 0.29) is 12.6 Å². The van der Waals surface area contributed by atoms with Crippen LogP contribution < -0.4 is 25.4 Å². The molecule has 4 aromatic carbocycles. The van der Waals surface area contributed by atoms with E-state index in [0.717, 1.165) is 94.5 Å². The lowest BCUT2D eigenvalue weighted by Crippen LogP contribution is -2.26. The van der Waals surface area contributed by atoms with E-state index >= 15 is 0 Å². The van der Waals surface area contributed by atoms with Crippen LogP contribution in [0.4, 0.5) is 5.69 Å². The zero-order chi connectivity index (χ0) is 27.1. The summed E-state index contributed by atoms with van der Waals surface area (Å²) in [4.78, 5) is 18.3. The molecule has 4 aromatic rings. The number of methoxy groups -OCH3 is 1. The van der Waals surface area contributed by atoms with Gasteiger partial charge in [0.1, 0.15) is 23.9 Å². The maximum Gasteiger partial charge on any atom is 0.339 e. The minimum Gasteiger partial charge on any atom is -0.497 e. The predicted octanol–water partition coefficient (Wildman–Crippen LogP) is 5.33. The van der Waals surface area contributed by atoms with Crippen LogP contribution in [0.2, 0.25) is 0 Å². The van der Waals surface area contributed by atoms with Gasteiger partial charge in [-0.2, -0.15) is 0 Å². The van der Waals surface area contributed by atoms with Gasteiger partial charge >= 0.3 is 5.97 Å². The van der Waals surface area contributed by atoms with Crippen molar-refractivity contribution in [1.29, 1.82) is 0 Å². The molecule has 3 aliphatic heterocycles. The minimum atomic E-state index is -0.360. The van der Waals surface area contributed by atoms with Gasteiger partial charge in [0.2, 0.25) is 0 Å². The molecule has 3 aliphatic rings. The molecular formula is C34H30N2O4. The molecule has 0 spiro atoms. The Balaban J connectivity index is 1.37. The van der Waals surface area contributed by atoms with E-state index in [1.807, 2.05) is 48.5 Å². The number of carbonyl (C=O) groups excluding carboxylic acids is 1. The molecule has 0 unspecified atom stereocenters. The van der Waals surface area contributed by atoms with Crippen LogP contribution in [0.3, 0.4) is 0 Å². The molecule has 6 heteroatoms. The minimum absolute atomic E-state index is 0.178. The number of esters is 1. The Kier molecular flexibility index (Phi) is 6.23. The third kappa shape index (κ3) is 4.39. The lowest BCUT2D eigenvalue weighted by Gasteiger charge is -2.27. The van der Waals surface area contributed by atoms with Crippen LogP contribution in [-0.4, -0.2) is 26.2 Å². The number of carbonyl (C=O) groups is 1. The van der Waals surface area contributed by atoms with Gasteiger partial charge in [0, 0.05) is 47.3 Å². The number of ether oxygens (including phenoxy) is 3. The summed E-state index contributed by atoms with van der Waals surface area (Å²) in [6, 6.07) is 23.9. The molecular weight excluding hydrogens is 500 g/mol. The van der Waals surface area contributed by atoms with E-state index in [0.29, 0.717) is 5.56 Å². The van der Waals surface area contributed by atoms with Gasteiger partial charge in [-0.3, -0.25) is 4.99 Å². The van der Waals surface area contributed by atoms with Crippen LogP contribution in [0.1, 0.15) is 51.0 Å². The average molecular weight is 531 g/mol. The van der Waals surface area contributed by atoms with Crippen molar-refractivity contribution in [1.82, 2.24) is 0 Å². The smallest absolute Gasteiger partial charge is 0.339 e. The average Bonchev–Trinajstić information content (AvgIpc) is 3.01. The van der Waals surface area contributed by atoms with Crippen LogP contribution in [0.5, 0.6) is 17.2 Å². The Morgan fingerprint density at radius 3 is 2.65 bits per heavy atom. The van der Waals surface area contributed by atoms with Crippen LogP contribution in [0.25, 0.3) is 5.57 Å². The fourth-order valence-corrected chi connectivity index (χ4v) is 5.87. The number of rotatable bonds is 5. The van der Waals surface area contributed by atoms with E-state index in [2.05, 4.69) is 29.6 Å². The maximum absolute atomic E-state index is 13.6. The normalized spacial score (nSPS) is 14.8. The number of hydrogen-bond donors (Lipinski definition) is 1. The maximum atomic E-state index is 13.6. The molecule has 40 heavy (non-hydrogen) atoms. The van der Waals surface area contributed by atoms with Gasteiger partial charge in [0.25, 0.3) is 0 Å². The summed E-state index contributed by atoms with van der Waals surface area (Å²) in [5, 5.41) is 5.51. The second kappa shape index (κ2) is 10.2. The molecule has 6 nitrogen and oxygen atoms in total. The van der Waals surface area contributed by atoms with Gasteiger partial charge in [0.15, 0.2) is 0 Å². The summed E-state index contributed by atoms with van der Waals surface area (Å²) in [6.07, 6.45) is 4.10. The topological polar surface area (TPSA) is 69.2 Å². The molecule has 3 heterocycles. The SMILES string of the molecule is COc1ccc(COC(=O)c2ccccc2C2=c3cc4c(cc3Oc3cc5c(cc32)CCCN5)=NCCC4)cc1. The lowest BCUT2D eigenvalue weighted by atomic mass is 9.87. The number of anilines is 1. The van der Waals surface area contributed by atoms with Gasteiger partial charge in [-0.25, -0.2) is 4.79 Å². The van der Waals surface area contributed by atoms with Crippen LogP contribution in [-0.2, 0) is 24.2 Å². The summed E-state index contributed by atoms with van der Waals surface area (Å²) in [7, 11) is 1.63. The molecule has 200 valence electrons. The van der Waals surface area contributed by atoms with Crippen molar-refractivity contribution >= 4 is 17.2 Å². The highest BCUT2D eigenvalue weighted by molar-refractivity contribution is 5.99. The molecule has 0 amide bonds. The summed E-state index contributed by atoms with van der Waals surface area (Å²) in [5.41, 5.74) is 7.86. The fourth-order valence-electron chi connectivity index (χ4n) is 5.87. The van der Waals surface area contributed by atoms with Crippen molar-refractivity contribution in [2.45, 2.75) is 32.3 Å². The van der Waals surface area contributed by atoms with Gasteiger partial charge in [-0.1, -0.05) is 30.3 Å². The van der Waals surface area contributed by atoms with Gasteiger partial charge < -0.3 is 19.5 Å². The van der Waals surface area contributed by atoms with Gasteiger partial charge in [-0.15, -0.1) is 0 Å². The third-order valence-corrected chi connectivity index (χ3v) is 7.91. The third-order valence-electron chi connectivity index (χ3n) is 7.91. The van der Waals surface area contributed by atoms with Crippen LogP contribution >= 0.6 is 0 Å². The molecule has 0 bridgehead atoms. The molecule has 0 radical (unpaired) electrons. The Hall–Kier alpha value is -4.58. The zero-order valence-corrected chi connectivity index (χ0v) is 22.5. The van der Waals surface area contributed by atoms with Crippen molar-refractivity contribution in [2.24, 2.45) is 4.99 Å². The Bertz CT molecular complexity index is 1760. The quantitative estimate of drug-likeness (QED) is 0.311. The number of hydrogen-bond acceptors (Lipinski definition) is 6. The highest BCUT2D eigenvalue weighted by atomic mass is 16.5. The van der Waals surface area contributed by atoms with Gasteiger partial charge in [-0.05, 0) is 78.3 Å². The first kappa shape index (κ1) is 24.5. The van der Waals surface area contributed by atoms with Crippen molar-refractivity contribution in [3.8, 4) is 17.2 Å². The first-order valence-corrected chi connectivity index (χ1v) is 13.9. The first-order valence-electron chi connectivity index (χ1n) is 13.9. The standard InChI is InChI=1S/C34H30N2O4/c1-38-24-12-10-21(11-13-24)20-39-34(37)26-9-3-2-8-25(26)33-27-16-22-6-4-14-35-29(22)18-31(27)40-32-19-30-23(17-28(32)33)7-5-15-36-30/h2-3,8-13,16-19,35H,4-7,14-15,20H2,1H3. The van der Waals surface area contributed by atoms with Crippen LogP contribution in [0, 0.1) is 0 Å². The predicted molar refractivity (Wildman–Crippen MR) is 154 cm³/mol. The van der Waals surface area contributed by atoms with Gasteiger partial charge in [0.05, 0.1) is 18.0 Å². The zero-order valence-electron chi connectivity index (χ0n) is 22.5. The number of nitrogens with zero attached hydrogens (tertiary/aromatic N) is 1. The Labute approximate surface area is 232 Å². The highest BCUT2D eigenvalue weighted by Crippen LogP contribution is 2.41. The summed E-state index contributed by atoms with van der Waals surface area (Å²) in [5.74, 6) is 1.96. The molecule has 0 atom stereocenters. The summed E-state index contributed by atoms with van der Waals surface area (Å²) in [6.45, 7) is 1.96. The summed E-state index contributed by atoms with van der Waals surface area (Å²) >= 11 is 0. The Morgan fingerprint density at radius 2 is 1.77 bits per heavy atom. The molecule has 0 saturated carbocycles. The molecule has 0 aliphatic carbocycles. The Morgan fingerprint density at radius 1 is 0.925 bits per heavy atom. The van der Waals surface area contributed by atoms with Crippen LogP contribution in [0.15, 0.2) is 77.8 Å². The second-order valence-electron chi connectivity index (χ2n) is 10.4. The molecule has 7 rings (SSSR count). The number of benzene rings is 4. The first-order chi connectivity index (χ1) is 19.7. The monoisotopic (exact) mass is 530 g/mol. The van der Waals surface area contributed by atoms with E-state index in [1.54, 1.807) is 7.11 Å². The molecule has 0 fully saturated rings. The molecule has 1 N–H and O–H groups in total. The second-order valence-corrected chi connectivity index (χ2v) is 10.4. The van der Waals surface area contributed by atoms with Crippen molar-refractivity contribution in [2.75, 3.05) is 25.5 Å². The number of nitrogens with one attached hydrogen (secondary N) is 1. The van der Waals surface area contributed by atoms with E-state index in [4.69, 9.17) is 19.2 Å². The fraction of sp³-hybridized carbons (Fsp3) is 0.235. The largest absolute Gasteiger partial charge is 0.497 e. The molecule has 0 aromatic heterocycles. The van der Waals surface area contributed by atoms with E-state index in [1.165, 1.54) is 11.1 Å². The van der Waals surface area contributed by atoms with E-state index < -0.39 is 0 Å². The van der Waals surface area contributed by atoms with E-state index in [9.17, 15) is 4.79 Å². The number of aryl methyl sites for hydroxylation is 2. The van der Waals surface area contributed by atoms with Crippen molar-refractivity contribution in [3.63, 3.8) is 0 Å². The summed E-state index contributed by atoms with van der Waals surface area (Å²) < 4.78 is 17.6.